The predicted molar refractivity (Wildman–Crippen MR) is 119 cm³/mol. The third-order valence-corrected chi connectivity index (χ3v) is 5.01. The fourth-order valence-electron chi connectivity index (χ4n) is 3.44. The van der Waals surface area contributed by atoms with Crippen LogP contribution in [-0.2, 0) is 13.1 Å². The maximum absolute atomic E-state index is 12.8. The normalized spacial score (nSPS) is 10.5. The lowest BCUT2D eigenvalue weighted by atomic mass is 9.98. The van der Waals surface area contributed by atoms with E-state index in [2.05, 4.69) is 10.6 Å². The van der Waals surface area contributed by atoms with Gasteiger partial charge in [0.05, 0.1) is 0 Å². The van der Waals surface area contributed by atoms with Crippen LogP contribution in [0.15, 0.2) is 97.1 Å². The van der Waals surface area contributed by atoms with E-state index in [0.717, 1.165) is 21.9 Å². The summed E-state index contributed by atoms with van der Waals surface area (Å²) in [6, 6.07) is 30.5. The molecule has 0 saturated heterocycles. The summed E-state index contributed by atoms with van der Waals surface area (Å²) in [5, 5.41) is 7.45. The van der Waals surface area contributed by atoms with Gasteiger partial charge in [0, 0.05) is 24.2 Å². The lowest BCUT2D eigenvalue weighted by molar-refractivity contribution is 0.0941. The molecule has 4 aromatic carbocycles. The van der Waals surface area contributed by atoms with E-state index in [9.17, 15) is 9.59 Å². The molecule has 0 aliphatic heterocycles. The fourth-order valence-corrected chi connectivity index (χ4v) is 3.44. The minimum Gasteiger partial charge on any atom is -0.348 e. The van der Waals surface area contributed by atoms with Gasteiger partial charge in [0.1, 0.15) is 0 Å². The molecule has 0 bridgehead atoms. The van der Waals surface area contributed by atoms with Gasteiger partial charge in [0.15, 0.2) is 0 Å². The Labute approximate surface area is 175 Å². The summed E-state index contributed by atoms with van der Waals surface area (Å²) in [4.78, 5) is 25.6. The standard InChI is InChI=1S/C26H22N2O2/c29-25(27-17-19-9-3-1-4-10-19)23-15-16-24(22-14-8-7-13-21(22)23)26(30)28-18-20-11-5-2-6-12-20/h1-16H,17-18H2,(H,27,29)(H,28,30). The summed E-state index contributed by atoms with van der Waals surface area (Å²) < 4.78 is 0. The van der Waals surface area contributed by atoms with Crippen LogP contribution in [0.25, 0.3) is 10.8 Å². The maximum Gasteiger partial charge on any atom is 0.252 e. The molecular weight excluding hydrogens is 372 g/mol. The summed E-state index contributed by atoms with van der Waals surface area (Å²) in [5.41, 5.74) is 3.18. The molecule has 0 fully saturated rings. The number of fused-ring (bicyclic) bond motifs is 1. The van der Waals surface area contributed by atoms with Gasteiger partial charge in [0.2, 0.25) is 0 Å². The molecule has 30 heavy (non-hydrogen) atoms. The molecule has 0 radical (unpaired) electrons. The molecule has 0 atom stereocenters. The van der Waals surface area contributed by atoms with Gasteiger partial charge in [0.25, 0.3) is 11.8 Å². The van der Waals surface area contributed by atoms with E-state index in [4.69, 9.17) is 0 Å². The Balaban J connectivity index is 1.55. The molecule has 4 heteroatoms. The molecule has 4 aromatic rings. The molecule has 0 unspecified atom stereocenters. The largest absolute Gasteiger partial charge is 0.348 e. The number of hydrogen-bond donors (Lipinski definition) is 2. The Kier molecular flexibility index (Phi) is 5.85. The van der Waals surface area contributed by atoms with Crippen molar-refractivity contribution in [1.29, 1.82) is 0 Å². The van der Waals surface area contributed by atoms with Gasteiger partial charge in [-0.1, -0.05) is 84.9 Å². The lowest BCUT2D eigenvalue weighted by Crippen LogP contribution is -2.25. The molecule has 2 amide bonds. The van der Waals surface area contributed by atoms with Crippen LogP contribution in [-0.4, -0.2) is 11.8 Å². The van der Waals surface area contributed by atoms with E-state index >= 15 is 0 Å². The van der Waals surface area contributed by atoms with Gasteiger partial charge in [-0.15, -0.1) is 0 Å². The second kappa shape index (κ2) is 9.05. The zero-order chi connectivity index (χ0) is 20.8. The summed E-state index contributed by atoms with van der Waals surface area (Å²) in [6.07, 6.45) is 0. The maximum atomic E-state index is 12.8. The number of hydrogen-bond acceptors (Lipinski definition) is 2. The Morgan fingerprint density at radius 2 is 0.867 bits per heavy atom. The first-order valence-electron chi connectivity index (χ1n) is 9.88. The van der Waals surface area contributed by atoms with Crippen LogP contribution < -0.4 is 10.6 Å². The minimum absolute atomic E-state index is 0.161. The highest BCUT2D eigenvalue weighted by Crippen LogP contribution is 2.23. The number of benzene rings is 4. The topological polar surface area (TPSA) is 58.2 Å². The molecule has 0 spiro atoms. The van der Waals surface area contributed by atoms with Crippen LogP contribution in [0.4, 0.5) is 0 Å². The summed E-state index contributed by atoms with van der Waals surface area (Å²) >= 11 is 0. The summed E-state index contributed by atoms with van der Waals surface area (Å²) in [5.74, 6) is -0.322. The number of amides is 2. The molecule has 0 aromatic heterocycles. The van der Waals surface area contributed by atoms with Crippen molar-refractivity contribution in [2.75, 3.05) is 0 Å². The Morgan fingerprint density at radius 3 is 1.27 bits per heavy atom. The second-order valence-corrected chi connectivity index (χ2v) is 7.04. The molecule has 4 nitrogen and oxygen atoms in total. The van der Waals surface area contributed by atoms with Gasteiger partial charge < -0.3 is 10.6 Å². The van der Waals surface area contributed by atoms with Crippen molar-refractivity contribution in [3.05, 3.63) is 119 Å². The van der Waals surface area contributed by atoms with Crippen molar-refractivity contribution in [3.8, 4) is 0 Å². The van der Waals surface area contributed by atoms with Crippen molar-refractivity contribution >= 4 is 22.6 Å². The molecular formula is C26H22N2O2. The van der Waals surface area contributed by atoms with Gasteiger partial charge >= 0.3 is 0 Å². The third kappa shape index (κ3) is 4.39. The average Bonchev–Trinajstić information content (AvgIpc) is 2.81. The SMILES string of the molecule is O=C(NCc1ccccc1)c1ccc(C(=O)NCc2ccccc2)c2ccccc12. The van der Waals surface area contributed by atoms with E-state index in [-0.39, 0.29) is 11.8 Å². The van der Waals surface area contributed by atoms with Gasteiger partial charge in [-0.3, -0.25) is 9.59 Å². The lowest BCUT2D eigenvalue weighted by Gasteiger charge is -2.12. The molecule has 2 N–H and O–H groups in total. The smallest absolute Gasteiger partial charge is 0.252 e. The van der Waals surface area contributed by atoms with Crippen LogP contribution in [0.3, 0.4) is 0 Å². The molecule has 148 valence electrons. The van der Waals surface area contributed by atoms with Crippen LogP contribution >= 0.6 is 0 Å². The van der Waals surface area contributed by atoms with Crippen LogP contribution in [0.1, 0.15) is 31.8 Å². The zero-order valence-electron chi connectivity index (χ0n) is 16.5. The first-order valence-corrected chi connectivity index (χ1v) is 9.88. The second-order valence-electron chi connectivity index (χ2n) is 7.04. The van der Waals surface area contributed by atoms with Gasteiger partial charge in [-0.05, 0) is 34.0 Å². The minimum atomic E-state index is -0.161. The van der Waals surface area contributed by atoms with E-state index in [0.29, 0.717) is 24.2 Å². The third-order valence-electron chi connectivity index (χ3n) is 5.01. The fraction of sp³-hybridized carbons (Fsp3) is 0.0769. The number of rotatable bonds is 6. The van der Waals surface area contributed by atoms with E-state index in [1.807, 2.05) is 84.9 Å². The first kappa shape index (κ1) is 19.4. The molecule has 0 aliphatic carbocycles. The molecule has 4 rings (SSSR count). The van der Waals surface area contributed by atoms with Crippen molar-refractivity contribution in [1.82, 2.24) is 10.6 Å². The monoisotopic (exact) mass is 394 g/mol. The van der Waals surface area contributed by atoms with Crippen molar-refractivity contribution in [3.63, 3.8) is 0 Å². The highest BCUT2D eigenvalue weighted by Gasteiger charge is 2.16. The molecule has 0 aliphatic rings. The predicted octanol–water partition coefficient (Wildman–Crippen LogP) is 4.70. The summed E-state index contributed by atoms with van der Waals surface area (Å²) in [6.45, 7) is 0.903. The van der Waals surface area contributed by atoms with Crippen LogP contribution in [0.2, 0.25) is 0 Å². The highest BCUT2D eigenvalue weighted by atomic mass is 16.2. The Morgan fingerprint density at radius 1 is 0.500 bits per heavy atom. The highest BCUT2D eigenvalue weighted by molar-refractivity contribution is 6.14. The number of carbonyl (C=O) groups excluding carboxylic acids is 2. The van der Waals surface area contributed by atoms with Crippen molar-refractivity contribution < 1.29 is 9.59 Å². The quantitative estimate of drug-likeness (QED) is 0.498. The Hall–Kier alpha value is -3.92. The van der Waals surface area contributed by atoms with Crippen LogP contribution in [0, 0.1) is 0 Å². The first-order chi connectivity index (χ1) is 14.7. The van der Waals surface area contributed by atoms with E-state index < -0.39 is 0 Å². The summed E-state index contributed by atoms with van der Waals surface area (Å²) in [7, 11) is 0. The van der Waals surface area contributed by atoms with E-state index in [1.54, 1.807) is 12.1 Å². The number of carbonyl (C=O) groups is 2. The van der Waals surface area contributed by atoms with Crippen molar-refractivity contribution in [2.45, 2.75) is 13.1 Å². The van der Waals surface area contributed by atoms with E-state index in [1.165, 1.54) is 0 Å². The zero-order valence-corrected chi connectivity index (χ0v) is 16.5. The van der Waals surface area contributed by atoms with Crippen LogP contribution in [0.5, 0.6) is 0 Å². The average molecular weight is 394 g/mol. The molecule has 0 saturated carbocycles. The Bertz CT molecular complexity index is 1080. The van der Waals surface area contributed by atoms with Gasteiger partial charge in [-0.25, -0.2) is 0 Å². The van der Waals surface area contributed by atoms with Gasteiger partial charge in [-0.2, -0.15) is 0 Å². The molecule has 0 heterocycles. The number of nitrogens with one attached hydrogen (secondary N) is 2. The van der Waals surface area contributed by atoms with Crippen molar-refractivity contribution in [2.24, 2.45) is 0 Å².